The Balaban J connectivity index is 0.000000553. The van der Waals surface area contributed by atoms with Crippen molar-refractivity contribution < 1.29 is 92.5 Å². The average molecular weight is 1800 g/mol. The van der Waals surface area contributed by atoms with Gasteiger partial charge in [-0.25, -0.2) is 14.4 Å². The maximum atomic E-state index is 12.6. The molecule has 28 heteroatoms. The molecule has 0 saturated carbocycles. The Bertz CT molecular complexity index is 3110. The van der Waals surface area contributed by atoms with Gasteiger partial charge < -0.3 is 73.3 Å². The Kier molecular flexibility index (Phi) is 51.4. The number of benzene rings is 3. The number of Topliss-reactive ketones (excluding diaryl/α,β-unsaturated/α-hetero) is 1. The van der Waals surface area contributed by atoms with Crippen molar-refractivity contribution in [1.82, 2.24) is 0 Å². The lowest BCUT2D eigenvalue weighted by Crippen LogP contribution is -2.46. The second-order valence-electron chi connectivity index (χ2n) is 38.7. The average Bonchev–Trinajstić information content (AvgIpc) is 0.799. The molecule has 3 aromatic carbocycles. The van der Waals surface area contributed by atoms with Crippen LogP contribution < -0.4 is 9.47 Å². The molecule has 5 rings (SSSR count). The molecule has 2 aliphatic rings. The fraction of sp³-hybridized carbons (Fsp3) is 0.756. The molecule has 0 spiro atoms. The molecule has 0 aromatic heterocycles. The van der Waals surface area contributed by atoms with Crippen LogP contribution in [0.3, 0.4) is 0 Å². The van der Waals surface area contributed by atoms with Crippen molar-refractivity contribution in [2.45, 2.75) is 381 Å². The smallest absolute Gasteiger partial charge is 0.494 e. The Labute approximate surface area is 725 Å². The summed E-state index contributed by atoms with van der Waals surface area (Å²) in [7, 11) is -13.0. The minimum absolute atomic E-state index is 0.0579. The van der Waals surface area contributed by atoms with E-state index in [2.05, 4.69) is 223 Å². The van der Waals surface area contributed by atoms with Gasteiger partial charge in [-0.1, -0.05) is 63.1 Å². The van der Waals surface area contributed by atoms with E-state index in [-0.39, 0.29) is 55.8 Å². The number of hydrogen-bond donors (Lipinski definition) is 0. The predicted molar refractivity (Wildman–Crippen MR) is 503 cm³/mol. The van der Waals surface area contributed by atoms with E-state index >= 15 is 0 Å². The maximum Gasteiger partial charge on any atom is 0.508 e. The van der Waals surface area contributed by atoms with Gasteiger partial charge in [-0.05, 0) is 342 Å². The lowest BCUT2D eigenvalue weighted by molar-refractivity contribution is 0.00601. The van der Waals surface area contributed by atoms with Gasteiger partial charge in [0.15, 0.2) is 72.3 Å². The fourth-order valence-electron chi connectivity index (χ4n) is 15.9. The number of rotatable bonds is 50. The van der Waals surface area contributed by atoms with E-state index in [0.717, 1.165) is 112 Å². The van der Waals surface area contributed by atoms with Crippen LogP contribution >= 0.6 is 0 Å². The van der Waals surface area contributed by atoms with Crippen molar-refractivity contribution in [2.75, 3.05) is 59.5 Å². The standard InChI is InChI=1S/C31H52O4Si2.C24H46O9Si2.C24H42O5Si2.C11H28O2Si2/c1-25(2)34-36(7,8)23-11-21-32-29-17-13-27(14-18-29)31(5,6)28-15-19-30(20-16-28)33-22-12-24-37(9,10)35-26(3)4;1-21-9-5-17-34(3,32-21)19-7-11-28-23(25)30-15-13-27-14-16-31-24(26)29-12-8-20-35(4)18-6-10-22(2)33-35;1-19(2)28-30(5,6)16-10-14-23(25)21-12-9-13-22(18-21)24(26)27-15-11-17-31(7,8)29-20(3)4;1-10(2)12-14(5,6)9-15(7,8)13-11(3)4/h13-20,25-26H,11-12,21-24H2,1-10H3;21-22H,5-20H2,1-4H3;9,12-13,18-20H,10-11,14-17H2,1-8H3;10-11H,9H2,1-8H3. The quantitative estimate of drug-likeness (QED) is 0.0169. The highest BCUT2D eigenvalue weighted by molar-refractivity contribution is 6.89. The van der Waals surface area contributed by atoms with E-state index in [0.29, 0.717) is 74.0 Å². The SMILES string of the molecule is CC(C)O[Si](C)(C)CCCOC(=O)c1cccc(C(=O)CCC[Si](C)(C)OC(C)C)c1.CC(C)O[Si](C)(C)CCCOc1ccc(C(C)(C)c2ccc(OCCC[Si](C)(C)OC(C)C)cc2)cc1.CC(C)O[Si](C)(C)C[Si](C)(C)OC(C)C.CC1CCC[Si](C)(CCCOC(=O)OCCOCCOC(=O)OCCC[Si]2(C)CCCC(C)O2)O1. The summed E-state index contributed by atoms with van der Waals surface area (Å²) in [5, 5.41) is 0. The van der Waals surface area contributed by atoms with Crippen LogP contribution in [0.15, 0.2) is 72.8 Å². The van der Waals surface area contributed by atoms with E-state index in [9.17, 15) is 19.2 Å². The molecule has 2 fully saturated rings. The number of ketones is 1. The van der Waals surface area contributed by atoms with E-state index in [1.807, 2.05) is 27.7 Å². The molecular weight excluding hydrogens is 1630 g/mol. The minimum atomic E-state index is -1.74. The Hall–Kier alpha value is -3.68. The molecule has 0 aliphatic carbocycles. The van der Waals surface area contributed by atoms with Crippen molar-refractivity contribution in [3.8, 4) is 11.5 Å². The van der Waals surface area contributed by atoms with Crippen molar-refractivity contribution in [3.05, 3.63) is 95.1 Å². The molecule has 4 atom stereocenters. The highest BCUT2D eigenvalue weighted by atomic mass is 28.4. The zero-order valence-corrected chi connectivity index (χ0v) is 87.7. The maximum absolute atomic E-state index is 12.6. The summed E-state index contributed by atoms with van der Waals surface area (Å²) < 4.78 is 91.7. The van der Waals surface area contributed by atoms with Crippen LogP contribution in [-0.2, 0) is 69.2 Å². The zero-order chi connectivity index (χ0) is 89.2. The first-order chi connectivity index (χ1) is 54.7. The third kappa shape index (κ3) is 52.2. The third-order valence-electron chi connectivity index (χ3n) is 20.1. The molecule has 3 aromatic rings. The minimum Gasteiger partial charge on any atom is -0.494 e. The Morgan fingerprint density at radius 1 is 0.407 bits per heavy atom. The summed E-state index contributed by atoms with van der Waals surface area (Å²) in [6.07, 6.45) is 11.5. The number of carbonyl (C=O) groups is 4. The summed E-state index contributed by atoms with van der Waals surface area (Å²) >= 11 is 0. The molecule has 0 radical (unpaired) electrons. The summed E-state index contributed by atoms with van der Waals surface area (Å²) in [6.45, 7) is 68.6. The van der Waals surface area contributed by atoms with Gasteiger partial charge in [-0.2, -0.15) is 0 Å². The van der Waals surface area contributed by atoms with Gasteiger partial charge in [-0.3, -0.25) is 4.79 Å². The lowest BCUT2D eigenvalue weighted by Gasteiger charge is -2.35. The van der Waals surface area contributed by atoms with Gasteiger partial charge in [0.05, 0.1) is 51.8 Å². The largest absolute Gasteiger partial charge is 0.508 e. The van der Waals surface area contributed by atoms with E-state index in [4.69, 9.17) is 73.3 Å². The molecule has 680 valence electrons. The number of carbonyl (C=O) groups excluding carboxylic acids is 4. The number of hydrogen-bond acceptors (Lipinski definition) is 20. The first-order valence-electron chi connectivity index (χ1n) is 44.6. The first-order valence-corrected chi connectivity index (χ1v) is 69.0. The monoisotopic (exact) mass is 1790 g/mol. The normalized spacial score (nSPS) is 17.6. The molecule has 0 bridgehead atoms. The molecule has 0 amide bonds. The molecule has 4 unspecified atom stereocenters. The van der Waals surface area contributed by atoms with Crippen molar-refractivity contribution in [1.29, 1.82) is 0 Å². The Morgan fingerprint density at radius 2 is 0.729 bits per heavy atom. The van der Waals surface area contributed by atoms with Crippen LogP contribution in [0.2, 0.25) is 146 Å². The van der Waals surface area contributed by atoms with E-state index in [1.165, 1.54) is 41.7 Å². The number of ether oxygens (including phenoxy) is 8. The van der Waals surface area contributed by atoms with Gasteiger partial charge in [-0.15, -0.1) is 0 Å². The van der Waals surface area contributed by atoms with Crippen molar-refractivity contribution >= 4 is 90.6 Å². The van der Waals surface area contributed by atoms with Crippen LogP contribution in [0.1, 0.15) is 213 Å². The highest BCUT2D eigenvalue weighted by Crippen LogP contribution is 2.36. The van der Waals surface area contributed by atoms with Gasteiger partial charge in [0.1, 0.15) is 24.7 Å². The lowest BCUT2D eigenvalue weighted by atomic mass is 9.78. The molecular formula is C90H168O20Si8. The first kappa shape index (κ1) is 110. The highest BCUT2D eigenvalue weighted by Gasteiger charge is 2.38. The van der Waals surface area contributed by atoms with Crippen LogP contribution in [0, 0.1) is 0 Å². The summed E-state index contributed by atoms with van der Waals surface area (Å²) in [4.78, 5) is 48.3. The second-order valence-corrected chi connectivity index (χ2v) is 72.9. The summed E-state index contributed by atoms with van der Waals surface area (Å²) in [5.41, 5.74) is 4.60. The molecule has 2 aliphatic heterocycles. The Morgan fingerprint density at radius 3 is 1.08 bits per heavy atom. The number of esters is 1. The van der Waals surface area contributed by atoms with E-state index < -0.39 is 78.8 Å². The fourth-order valence-corrected chi connectivity index (χ4v) is 43.7. The predicted octanol–water partition coefficient (Wildman–Crippen LogP) is 24.7. The van der Waals surface area contributed by atoms with Crippen molar-refractivity contribution in [3.63, 3.8) is 0 Å². The molecule has 0 N–H and O–H groups in total. The van der Waals surface area contributed by atoms with Crippen LogP contribution in [0.5, 0.6) is 11.5 Å². The summed E-state index contributed by atoms with van der Waals surface area (Å²) in [5.74, 6) is 1.54. The third-order valence-corrected chi connectivity index (χ3v) is 47.4. The molecule has 118 heavy (non-hydrogen) atoms. The van der Waals surface area contributed by atoms with Gasteiger partial charge in [0, 0.05) is 66.2 Å². The molecule has 20 nitrogen and oxygen atoms in total. The van der Waals surface area contributed by atoms with Crippen LogP contribution in [-0.4, -0.2) is 199 Å². The van der Waals surface area contributed by atoms with Crippen molar-refractivity contribution in [2.24, 2.45) is 0 Å². The molecule has 2 saturated heterocycles. The second kappa shape index (κ2) is 54.9. The van der Waals surface area contributed by atoms with E-state index in [1.54, 1.807) is 24.3 Å². The zero-order valence-electron chi connectivity index (χ0n) is 79.7. The topological polar surface area (TPSA) is 216 Å². The summed E-state index contributed by atoms with van der Waals surface area (Å²) in [6, 6.07) is 32.4. The van der Waals surface area contributed by atoms with Gasteiger partial charge >= 0.3 is 18.3 Å². The van der Waals surface area contributed by atoms with Crippen LogP contribution in [0.4, 0.5) is 9.59 Å². The van der Waals surface area contributed by atoms with Gasteiger partial charge in [0.25, 0.3) is 0 Å². The van der Waals surface area contributed by atoms with Crippen LogP contribution in [0.25, 0.3) is 0 Å². The van der Waals surface area contributed by atoms with Gasteiger partial charge in [0.2, 0.25) is 0 Å². The molecule has 2 heterocycles.